The lowest BCUT2D eigenvalue weighted by Crippen LogP contribution is -2.13. The Morgan fingerprint density at radius 3 is 2.73 bits per heavy atom. The summed E-state index contributed by atoms with van der Waals surface area (Å²) in [5.41, 5.74) is 1.01. The van der Waals surface area contributed by atoms with Crippen LogP contribution < -0.4 is 14.8 Å². The van der Waals surface area contributed by atoms with E-state index >= 15 is 0 Å². The third kappa shape index (κ3) is 3.15. The number of hydrogen-bond acceptors (Lipinski definition) is 4. The quantitative estimate of drug-likeness (QED) is 0.583. The number of ether oxygens (including phenoxy) is 2. The first-order valence-corrected chi connectivity index (χ1v) is 4.60. The van der Waals surface area contributed by atoms with Crippen molar-refractivity contribution in [2.75, 3.05) is 20.8 Å². The van der Waals surface area contributed by atoms with Gasteiger partial charge < -0.3 is 14.8 Å². The molecule has 0 heterocycles. The molecule has 0 aliphatic heterocycles. The predicted octanol–water partition coefficient (Wildman–Crippen LogP) is 1.32. The molecule has 0 aromatic heterocycles. The molecule has 1 aromatic carbocycles. The Morgan fingerprint density at radius 1 is 1.33 bits per heavy atom. The van der Waals surface area contributed by atoms with Gasteiger partial charge in [-0.25, -0.2) is 0 Å². The molecular weight excluding hydrogens is 192 g/mol. The van der Waals surface area contributed by atoms with Crippen molar-refractivity contribution in [2.24, 2.45) is 0 Å². The van der Waals surface area contributed by atoms with Gasteiger partial charge >= 0.3 is 0 Å². The molecule has 0 saturated carbocycles. The molecule has 0 aliphatic carbocycles. The highest BCUT2D eigenvalue weighted by Gasteiger charge is 2.03. The number of nitrogens with one attached hydrogen (secondary N) is 1. The van der Waals surface area contributed by atoms with Gasteiger partial charge in [0.25, 0.3) is 0 Å². The molecule has 0 saturated heterocycles. The minimum atomic E-state index is 0.329. The molecule has 80 valence electrons. The molecule has 4 heteroatoms. The molecule has 0 bridgehead atoms. The van der Waals surface area contributed by atoms with Crippen LogP contribution in [0, 0.1) is 11.3 Å². The number of hydrogen-bond donors (Lipinski definition) is 1. The van der Waals surface area contributed by atoms with E-state index in [4.69, 9.17) is 14.7 Å². The number of rotatable bonds is 5. The van der Waals surface area contributed by atoms with E-state index in [1.807, 2.05) is 24.3 Å². The molecule has 0 atom stereocenters. The molecule has 0 fully saturated rings. The SMILES string of the molecule is COc1ccc(CNCC#N)c(OC)c1. The van der Waals surface area contributed by atoms with Crippen molar-refractivity contribution in [1.29, 1.82) is 5.26 Å². The first-order valence-electron chi connectivity index (χ1n) is 4.60. The molecule has 4 nitrogen and oxygen atoms in total. The second kappa shape index (κ2) is 5.89. The second-order valence-electron chi connectivity index (χ2n) is 2.94. The van der Waals surface area contributed by atoms with Gasteiger partial charge in [-0.15, -0.1) is 0 Å². The van der Waals surface area contributed by atoms with Gasteiger partial charge in [-0.3, -0.25) is 0 Å². The fourth-order valence-electron chi connectivity index (χ4n) is 1.25. The van der Waals surface area contributed by atoms with Crippen LogP contribution in [0.5, 0.6) is 11.5 Å². The standard InChI is InChI=1S/C11H14N2O2/c1-14-10-4-3-9(8-13-6-5-12)11(7-10)15-2/h3-4,7,13H,6,8H2,1-2H3. The predicted molar refractivity (Wildman–Crippen MR) is 56.9 cm³/mol. The maximum absolute atomic E-state index is 8.39. The van der Waals surface area contributed by atoms with Crippen LogP contribution in [0.4, 0.5) is 0 Å². The van der Waals surface area contributed by atoms with Crippen LogP contribution in [0.3, 0.4) is 0 Å². The highest BCUT2D eigenvalue weighted by atomic mass is 16.5. The van der Waals surface area contributed by atoms with Crippen molar-refractivity contribution in [3.8, 4) is 17.6 Å². The second-order valence-corrected chi connectivity index (χ2v) is 2.94. The smallest absolute Gasteiger partial charge is 0.127 e. The first-order chi connectivity index (χ1) is 7.31. The van der Waals surface area contributed by atoms with Crippen molar-refractivity contribution in [2.45, 2.75) is 6.54 Å². The fourth-order valence-corrected chi connectivity index (χ4v) is 1.25. The van der Waals surface area contributed by atoms with Gasteiger partial charge in [0.05, 0.1) is 26.8 Å². The summed E-state index contributed by atoms with van der Waals surface area (Å²) in [6.07, 6.45) is 0. The first kappa shape index (κ1) is 11.3. The van der Waals surface area contributed by atoms with E-state index < -0.39 is 0 Å². The van der Waals surface area contributed by atoms with E-state index in [-0.39, 0.29) is 0 Å². The lowest BCUT2D eigenvalue weighted by Gasteiger charge is -2.09. The van der Waals surface area contributed by atoms with Gasteiger partial charge in [0, 0.05) is 18.2 Å². The van der Waals surface area contributed by atoms with Crippen molar-refractivity contribution in [1.82, 2.24) is 5.32 Å². The van der Waals surface area contributed by atoms with E-state index in [9.17, 15) is 0 Å². The highest BCUT2D eigenvalue weighted by molar-refractivity contribution is 5.40. The molecule has 0 amide bonds. The molecule has 1 N–H and O–H groups in total. The summed E-state index contributed by atoms with van der Waals surface area (Å²) in [5.74, 6) is 1.52. The summed E-state index contributed by atoms with van der Waals surface area (Å²) in [4.78, 5) is 0. The third-order valence-electron chi connectivity index (χ3n) is 2.01. The van der Waals surface area contributed by atoms with Gasteiger partial charge in [-0.2, -0.15) is 5.26 Å². The summed E-state index contributed by atoms with van der Waals surface area (Å²) in [7, 11) is 3.23. The van der Waals surface area contributed by atoms with E-state index in [0.29, 0.717) is 13.1 Å². The van der Waals surface area contributed by atoms with E-state index in [1.165, 1.54) is 0 Å². The summed E-state index contributed by atoms with van der Waals surface area (Å²) >= 11 is 0. The van der Waals surface area contributed by atoms with Crippen LogP contribution >= 0.6 is 0 Å². The van der Waals surface area contributed by atoms with Crippen LogP contribution in [-0.4, -0.2) is 20.8 Å². The Hall–Kier alpha value is -1.73. The minimum absolute atomic E-state index is 0.329. The van der Waals surface area contributed by atoms with E-state index in [1.54, 1.807) is 14.2 Å². The Bertz CT molecular complexity index is 358. The summed E-state index contributed by atoms with van der Waals surface area (Å²) < 4.78 is 10.3. The minimum Gasteiger partial charge on any atom is -0.497 e. The normalized spacial score (nSPS) is 9.40. The van der Waals surface area contributed by atoms with Gasteiger partial charge in [0.1, 0.15) is 11.5 Å². The maximum atomic E-state index is 8.39. The summed E-state index contributed by atoms with van der Waals surface area (Å²) in [6.45, 7) is 0.940. The zero-order valence-corrected chi connectivity index (χ0v) is 8.91. The molecule has 0 radical (unpaired) electrons. The van der Waals surface area contributed by atoms with Crippen molar-refractivity contribution in [3.05, 3.63) is 23.8 Å². The van der Waals surface area contributed by atoms with Crippen molar-refractivity contribution in [3.63, 3.8) is 0 Å². The van der Waals surface area contributed by atoms with Crippen LogP contribution in [0.15, 0.2) is 18.2 Å². The van der Waals surface area contributed by atoms with E-state index in [0.717, 1.165) is 17.1 Å². The van der Waals surface area contributed by atoms with Crippen LogP contribution in [0.2, 0.25) is 0 Å². The van der Waals surface area contributed by atoms with Crippen molar-refractivity contribution < 1.29 is 9.47 Å². The van der Waals surface area contributed by atoms with Gasteiger partial charge in [0.15, 0.2) is 0 Å². The van der Waals surface area contributed by atoms with Gasteiger partial charge in [-0.1, -0.05) is 6.07 Å². The molecule has 0 unspecified atom stereocenters. The Morgan fingerprint density at radius 2 is 2.13 bits per heavy atom. The topological polar surface area (TPSA) is 54.3 Å². The Kier molecular flexibility index (Phi) is 4.45. The Labute approximate surface area is 89.4 Å². The number of methoxy groups -OCH3 is 2. The molecule has 0 spiro atoms. The number of benzene rings is 1. The van der Waals surface area contributed by atoms with E-state index in [2.05, 4.69) is 5.32 Å². The zero-order valence-electron chi connectivity index (χ0n) is 8.91. The lowest BCUT2D eigenvalue weighted by atomic mass is 10.2. The number of nitrogens with zero attached hydrogens (tertiary/aromatic N) is 1. The zero-order chi connectivity index (χ0) is 11.1. The average Bonchev–Trinajstić information content (AvgIpc) is 2.29. The van der Waals surface area contributed by atoms with Gasteiger partial charge in [0.2, 0.25) is 0 Å². The monoisotopic (exact) mass is 206 g/mol. The molecule has 1 rings (SSSR count). The van der Waals surface area contributed by atoms with Crippen LogP contribution in [0.25, 0.3) is 0 Å². The summed E-state index contributed by atoms with van der Waals surface area (Å²) in [6, 6.07) is 7.63. The molecule has 15 heavy (non-hydrogen) atoms. The van der Waals surface area contributed by atoms with Crippen LogP contribution in [0.1, 0.15) is 5.56 Å². The third-order valence-corrected chi connectivity index (χ3v) is 2.01. The number of nitriles is 1. The van der Waals surface area contributed by atoms with Crippen LogP contribution in [-0.2, 0) is 6.54 Å². The Balaban J connectivity index is 2.74. The highest BCUT2D eigenvalue weighted by Crippen LogP contribution is 2.24. The molecular formula is C11H14N2O2. The maximum Gasteiger partial charge on any atom is 0.127 e. The molecule has 1 aromatic rings. The van der Waals surface area contributed by atoms with Crippen molar-refractivity contribution >= 4 is 0 Å². The fraction of sp³-hybridized carbons (Fsp3) is 0.364. The largest absolute Gasteiger partial charge is 0.497 e. The van der Waals surface area contributed by atoms with Gasteiger partial charge in [-0.05, 0) is 6.07 Å². The summed E-state index contributed by atoms with van der Waals surface area (Å²) in [5, 5.41) is 11.4. The molecule has 0 aliphatic rings. The lowest BCUT2D eigenvalue weighted by molar-refractivity contribution is 0.390. The average molecular weight is 206 g/mol.